The topological polar surface area (TPSA) is 73.2 Å². The van der Waals surface area contributed by atoms with Gasteiger partial charge in [-0.1, -0.05) is 23.7 Å². The van der Waals surface area contributed by atoms with E-state index in [1.807, 2.05) is 25.1 Å². The zero-order valence-corrected chi connectivity index (χ0v) is 14.3. The number of halogens is 1. The van der Waals surface area contributed by atoms with Crippen LogP contribution < -0.4 is 5.32 Å². The molecular weight excluding hydrogens is 330 g/mol. The fourth-order valence-corrected chi connectivity index (χ4v) is 3.26. The first-order valence-electron chi connectivity index (χ1n) is 7.77. The molecule has 2 aromatic rings. The number of nitrogens with one attached hydrogen (secondary N) is 1. The Morgan fingerprint density at radius 2 is 2.29 bits per heavy atom. The van der Waals surface area contributed by atoms with Crippen molar-refractivity contribution < 1.29 is 14.3 Å². The Morgan fingerprint density at radius 3 is 3.00 bits per heavy atom. The van der Waals surface area contributed by atoms with E-state index in [2.05, 4.69) is 10.4 Å². The van der Waals surface area contributed by atoms with Crippen molar-refractivity contribution in [1.82, 2.24) is 9.78 Å². The Bertz CT molecular complexity index is 800. The normalized spacial score (nSPS) is 16.5. The number of aryl methyl sites for hydroxylation is 1. The van der Waals surface area contributed by atoms with Crippen LogP contribution in [0.3, 0.4) is 0 Å². The number of fused-ring (bicyclic) bond motifs is 1. The van der Waals surface area contributed by atoms with Crippen molar-refractivity contribution in [2.24, 2.45) is 0 Å². The zero-order valence-electron chi connectivity index (χ0n) is 13.5. The summed E-state index contributed by atoms with van der Waals surface area (Å²) in [5.74, 6) is -0.0791. The van der Waals surface area contributed by atoms with Crippen LogP contribution in [0.25, 0.3) is 0 Å². The summed E-state index contributed by atoms with van der Waals surface area (Å²) >= 11 is 6.09. The van der Waals surface area contributed by atoms with E-state index in [9.17, 15) is 9.59 Å². The predicted octanol–water partition coefficient (Wildman–Crippen LogP) is 2.88. The summed E-state index contributed by atoms with van der Waals surface area (Å²) in [5.41, 5.74) is 2.65. The molecule has 3 rings (SSSR count). The van der Waals surface area contributed by atoms with Gasteiger partial charge >= 0.3 is 5.97 Å². The molecule has 0 unspecified atom stereocenters. The highest BCUT2D eigenvalue weighted by molar-refractivity contribution is 6.30. The molecule has 7 heteroatoms. The first kappa shape index (κ1) is 16.5. The minimum atomic E-state index is -0.387. The Hall–Kier alpha value is -2.34. The Balaban J connectivity index is 2.02. The summed E-state index contributed by atoms with van der Waals surface area (Å²) in [6.45, 7) is 3.89. The number of carbonyl (C=O) groups is 2. The summed E-state index contributed by atoms with van der Waals surface area (Å²) in [5, 5.41) is 7.87. The maximum atomic E-state index is 12.2. The van der Waals surface area contributed by atoms with Crippen LogP contribution in [-0.2, 0) is 20.9 Å². The smallest absolute Gasteiger partial charge is 0.327 e. The molecule has 0 fully saturated rings. The molecule has 6 nitrogen and oxygen atoms in total. The van der Waals surface area contributed by atoms with Gasteiger partial charge < -0.3 is 10.1 Å². The Kier molecular flexibility index (Phi) is 4.57. The number of hydrogen-bond acceptors (Lipinski definition) is 4. The van der Waals surface area contributed by atoms with Crippen LogP contribution in [0, 0.1) is 6.92 Å². The van der Waals surface area contributed by atoms with Crippen molar-refractivity contribution in [1.29, 1.82) is 0 Å². The van der Waals surface area contributed by atoms with Crippen molar-refractivity contribution in [2.45, 2.75) is 32.7 Å². The number of aromatic nitrogens is 2. The summed E-state index contributed by atoms with van der Waals surface area (Å²) < 4.78 is 6.47. The van der Waals surface area contributed by atoms with E-state index in [-0.39, 0.29) is 24.3 Å². The monoisotopic (exact) mass is 347 g/mol. The highest BCUT2D eigenvalue weighted by atomic mass is 35.5. The van der Waals surface area contributed by atoms with E-state index in [0.29, 0.717) is 23.9 Å². The van der Waals surface area contributed by atoms with Gasteiger partial charge in [-0.25, -0.2) is 4.68 Å². The summed E-state index contributed by atoms with van der Waals surface area (Å²) in [7, 11) is 0. The molecule has 0 radical (unpaired) electrons. The van der Waals surface area contributed by atoms with E-state index in [0.717, 1.165) is 16.8 Å². The Labute approximate surface area is 144 Å². The second-order valence-electron chi connectivity index (χ2n) is 5.67. The van der Waals surface area contributed by atoms with Crippen molar-refractivity contribution in [3.05, 3.63) is 46.1 Å². The minimum absolute atomic E-state index is 0.0352. The summed E-state index contributed by atoms with van der Waals surface area (Å²) in [4.78, 5) is 23.9. The van der Waals surface area contributed by atoms with Crippen molar-refractivity contribution in [3.63, 3.8) is 0 Å². The lowest BCUT2D eigenvalue weighted by atomic mass is 9.86. The zero-order chi connectivity index (χ0) is 17.3. The second kappa shape index (κ2) is 6.65. The van der Waals surface area contributed by atoms with Crippen LogP contribution in [0.2, 0.25) is 5.02 Å². The fraction of sp³-hybridized carbons (Fsp3) is 0.353. The van der Waals surface area contributed by atoms with Crippen LogP contribution in [-0.4, -0.2) is 28.3 Å². The average Bonchev–Trinajstić information content (AvgIpc) is 2.82. The third-order valence-electron chi connectivity index (χ3n) is 4.00. The largest absolute Gasteiger partial charge is 0.465 e. The van der Waals surface area contributed by atoms with Crippen molar-refractivity contribution in [3.8, 4) is 0 Å². The first-order chi connectivity index (χ1) is 11.5. The fourth-order valence-electron chi connectivity index (χ4n) is 3.07. The van der Waals surface area contributed by atoms with Crippen molar-refractivity contribution >= 4 is 29.3 Å². The number of hydrogen-bond donors (Lipinski definition) is 1. The predicted molar refractivity (Wildman–Crippen MR) is 90.1 cm³/mol. The molecule has 1 aliphatic rings. The summed E-state index contributed by atoms with van der Waals surface area (Å²) in [6.07, 6.45) is 0.319. The molecule has 126 valence electrons. The van der Waals surface area contributed by atoms with Crippen LogP contribution in [0.5, 0.6) is 0 Å². The highest BCUT2D eigenvalue weighted by Crippen LogP contribution is 2.39. The molecule has 0 saturated carbocycles. The standard InChI is InChI=1S/C17H18ClN3O3/c1-3-24-15(23)9-21-17-16(10(2)20-21)13(8-14(22)19-17)11-5-4-6-12(18)7-11/h4-7,13H,3,8-9H2,1-2H3,(H,19,22)/t13-/m1/s1. The maximum Gasteiger partial charge on any atom is 0.327 e. The molecule has 0 bridgehead atoms. The first-order valence-corrected chi connectivity index (χ1v) is 8.15. The van der Waals surface area contributed by atoms with Gasteiger partial charge in [0.25, 0.3) is 0 Å². The van der Waals surface area contributed by atoms with E-state index in [1.54, 1.807) is 13.0 Å². The summed E-state index contributed by atoms with van der Waals surface area (Å²) in [6, 6.07) is 7.46. The van der Waals surface area contributed by atoms with Gasteiger partial charge in [0.2, 0.25) is 5.91 Å². The van der Waals surface area contributed by atoms with Gasteiger partial charge in [-0.2, -0.15) is 5.10 Å². The van der Waals surface area contributed by atoms with E-state index in [1.165, 1.54) is 4.68 Å². The molecule has 1 aromatic heterocycles. The van der Waals surface area contributed by atoms with Crippen LogP contribution in [0.15, 0.2) is 24.3 Å². The number of nitrogens with zero attached hydrogens (tertiary/aromatic N) is 2. The van der Waals surface area contributed by atoms with Gasteiger partial charge in [-0.05, 0) is 31.5 Å². The number of amides is 1. The van der Waals surface area contributed by atoms with E-state index in [4.69, 9.17) is 16.3 Å². The SMILES string of the molecule is CCOC(=O)Cn1nc(C)c2c1NC(=O)C[C@@H]2c1cccc(Cl)c1. The molecule has 0 saturated heterocycles. The molecular formula is C17H18ClN3O3. The minimum Gasteiger partial charge on any atom is -0.465 e. The van der Waals surface area contributed by atoms with Gasteiger partial charge in [0.05, 0.1) is 12.3 Å². The van der Waals surface area contributed by atoms with Crippen LogP contribution >= 0.6 is 11.6 Å². The molecule has 1 N–H and O–H groups in total. The van der Waals surface area contributed by atoms with E-state index < -0.39 is 0 Å². The van der Waals surface area contributed by atoms with Gasteiger partial charge in [-0.3, -0.25) is 9.59 Å². The number of ether oxygens (including phenoxy) is 1. The quantitative estimate of drug-likeness (QED) is 0.863. The van der Waals surface area contributed by atoms with Gasteiger partial charge in [0, 0.05) is 22.9 Å². The molecule has 1 aliphatic heterocycles. The van der Waals surface area contributed by atoms with Crippen LogP contribution in [0.1, 0.15) is 36.1 Å². The maximum absolute atomic E-state index is 12.2. The lowest BCUT2D eigenvalue weighted by molar-refractivity contribution is -0.144. The lowest BCUT2D eigenvalue weighted by Crippen LogP contribution is -2.26. The number of anilines is 1. The third-order valence-corrected chi connectivity index (χ3v) is 4.24. The molecule has 1 amide bonds. The van der Waals surface area contributed by atoms with Gasteiger partial charge in [0.1, 0.15) is 12.4 Å². The van der Waals surface area contributed by atoms with E-state index >= 15 is 0 Å². The Morgan fingerprint density at radius 1 is 1.50 bits per heavy atom. The van der Waals surface area contributed by atoms with Gasteiger partial charge in [0.15, 0.2) is 0 Å². The average molecular weight is 348 g/mol. The molecule has 1 aromatic carbocycles. The molecule has 24 heavy (non-hydrogen) atoms. The number of carbonyl (C=O) groups excluding carboxylic acids is 2. The number of benzene rings is 1. The molecule has 2 heterocycles. The second-order valence-corrected chi connectivity index (χ2v) is 6.11. The van der Waals surface area contributed by atoms with Crippen molar-refractivity contribution in [2.75, 3.05) is 11.9 Å². The molecule has 0 spiro atoms. The third kappa shape index (κ3) is 3.14. The molecule has 0 aliphatic carbocycles. The lowest BCUT2D eigenvalue weighted by Gasteiger charge is -2.24. The van der Waals surface area contributed by atoms with Crippen LogP contribution in [0.4, 0.5) is 5.82 Å². The molecule has 1 atom stereocenters. The number of esters is 1. The highest BCUT2D eigenvalue weighted by Gasteiger charge is 2.32. The number of rotatable bonds is 4. The van der Waals surface area contributed by atoms with Gasteiger partial charge in [-0.15, -0.1) is 0 Å².